The van der Waals surface area contributed by atoms with Crippen LogP contribution in [0, 0.1) is 6.92 Å². The van der Waals surface area contributed by atoms with Crippen molar-refractivity contribution in [2.45, 2.75) is 33.6 Å². The fourth-order valence-corrected chi connectivity index (χ4v) is 1.31. The van der Waals surface area contributed by atoms with Crippen molar-refractivity contribution in [2.75, 3.05) is 0 Å². The topological polar surface area (TPSA) is 26.0 Å². The number of aromatic nitrogens is 1. The lowest BCUT2D eigenvalue weighted by Gasteiger charge is -1.90. The molecule has 0 N–H and O–H groups in total. The van der Waals surface area contributed by atoms with E-state index in [0.717, 1.165) is 29.9 Å². The minimum absolute atomic E-state index is 0.714. The minimum atomic E-state index is 0.714. The molecule has 0 spiro atoms. The molecule has 0 aromatic carbocycles. The monoisotopic (exact) mass is 191 g/mol. The largest absolute Gasteiger partial charge is 0.442 e. The molecule has 0 aliphatic heterocycles. The van der Waals surface area contributed by atoms with E-state index in [1.54, 1.807) is 6.08 Å². The number of nitrogens with zero attached hydrogens (tertiary/aromatic N) is 1. The Kier molecular flexibility index (Phi) is 3.69. The summed E-state index contributed by atoms with van der Waals surface area (Å²) >= 11 is 0. The van der Waals surface area contributed by atoms with Crippen LogP contribution in [0.1, 0.15) is 37.6 Å². The van der Waals surface area contributed by atoms with Gasteiger partial charge in [-0.25, -0.2) is 4.98 Å². The van der Waals surface area contributed by atoms with E-state index in [0.29, 0.717) is 5.89 Å². The number of allylic oxidation sites excluding steroid dienone is 3. The van der Waals surface area contributed by atoms with Crippen LogP contribution in [0.2, 0.25) is 0 Å². The summed E-state index contributed by atoms with van der Waals surface area (Å²) < 4.78 is 5.55. The van der Waals surface area contributed by atoms with Crippen molar-refractivity contribution in [3.05, 3.63) is 36.1 Å². The second kappa shape index (κ2) is 4.80. The van der Waals surface area contributed by atoms with Crippen molar-refractivity contribution >= 4 is 5.57 Å². The molecule has 1 aromatic heterocycles. The maximum atomic E-state index is 5.55. The highest BCUT2D eigenvalue weighted by Crippen LogP contribution is 2.18. The van der Waals surface area contributed by atoms with Gasteiger partial charge in [0, 0.05) is 5.57 Å². The third kappa shape index (κ3) is 2.34. The van der Waals surface area contributed by atoms with E-state index in [4.69, 9.17) is 4.42 Å². The van der Waals surface area contributed by atoms with Gasteiger partial charge in [-0.3, -0.25) is 0 Å². The molecule has 0 saturated heterocycles. The summed E-state index contributed by atoms with van der Waals surface area (Å²) in [5.74, 6) is 1.64. The summed E-state index contributed by atoms with van der Waals surface area (Å²) in [5, 5.41) is 0. The number of aryl methyl sites for hydroxylation is 2. The van der Waals surface area contributed by atoms with Gasteiger partial charge in [0.15, 0.2) is 0 Å². The first-order chi connectivity index (χ1) is 6.69. The average Bonchev–Trinajstić information content (AvgIpc) is 2.49. The van der Waals surface area contributed by atoms with E-state index in [1.165, 1.54) is 0 Å². The van der Waals surface area contributed by atoms with Crippen molar-refractivity contribution in [3.8, 4) is 0 Å². The normalized spacial score (nSPS) is 11.8. The molecular weight excluding hydrogens is 174 g/mol. The maximum absolute atomic E-state index is 5.55. The van der Waals surface area contributed by atoms with Crippen LogP contribution in [0.25, 0.3) is 5.57 Å². The van der Waals surface area contributed by atoms with E-state index in [9.17, 15) is 0 Å². The van der Waals surface area contributed by atoms with Crippen LogP contribution in [-0.2, 0) is 6.42 Å². The molecule has 0 amide bonds. The molecule has 0 fully saturated rings. The summed E-state index contributed by atoms with van der Waals surface area (Å²) in [7, 11) is 0. The summed E-state index contributed by atoms with van der Waals surface area (Å²) in [6, 6.07) is 0. The summed E-state index contributed by atoms with van der Waals surface area (Å²) in [6.07, 6.45) is 5.73. The molecular formula is C12H17NO. The average molecular weight is 191 g/mol. The van der Waals surface area contributed by atoms with E-state index in [2.05, 4.69) is 18.5 Å². The van der Waals surface area contributed by atoms with Gasteiger partial charge >= 0.3 is 0 Å². The molecule has 0 aliphatic rings. The number of hydrogen-bond acceptors (Lipinski definition) is 2. The van der Waals surface area contributed by atoms with E-state index < -0.39 is 0 Å². The number of rotatable bonds is 4. The van der Waals surface area contributed by atoms with Crippen LogP contribution in [-0.4, -0.2) is 4.98 Å². The standard InChI is InChI=1S/C12H17NO/c1-5-7-9(3)12-13-11(8-6-2)10(4)14-12/h5,7H,1,6,8H2,2-4H3/b9-7+. The van der Waals surface area contributed by atoms with Crippen molar-refractivity contribution in [3.63, 3.8) is 0 Å². The second-order valence-corrected chi connectivity index (χ2v) is 3.36. The smallest absolute Gasteiger partial charge is 0.222 e. The molecule has 1 heterocycles. The molecule has 0 aliphatic carbocycles. The number of hydrogen-bond donors (Lipinski definition) is 0. The number of oxazole rings is 1. The van der Waals surface area contributed by atoms with Crippen LogP contribution in [0.5, 0.6) is 0 Å². The molecule has 76 valence electrons. The third-order valence-electron chi connectivity index (χ3n) is 2.08. The SMILES string of the molecule is C=C/C=C(\C)c1nc(CCC)c(C)o1. The zero-order valence-corrected chi connectivity index (χ0v) is 9.13. The summed E-state index contributed by atoms with van der Waals surface area (Å²) in [4.78, 5) is 4.44. The highest BCUT2D eigenvalue weighted by atomic mass is 16.4. The zero-order chi connectivity index (χ0) is 10.6. The van der Waals surface area contributed by atoms with Gasteiger partial charge in [-0.2, -0.15) is 0 Å². The Hall–Kier alpha value is -1.31. The third-order valence-corrected chi connectivity index (χ3v) is 2.08. The molecule has 0 atom stereocenters. The van der Waals surface area contributed by atoms with Gasteiger partial charge in [0.1, 0.15) is 5.76 Å². The Bertz CT molecular complexity index is 347. The Labute approximate surface area is 85.4 Å². The molecule has 0 unspecified atom stereocenters. The first-order valence-electron chi connectivity index (χ1n) is 4.95. The highest BCUT2D eigenvalue weighted by molar-refractivity contribution is 5.58. The Morgan fingerprint density at radius 2 is 2.29 bits per heavy atom. The lowest BCUT2D eigenvalue weighted by molar-refractivity contribution is 0.510. The first-order valence-corrected chi connectivity index (χ1v) is 4.95. The van der Waals surface area contributed by atoms with Gasteiger partial charge in [0.2, 0.25) is 5.89 Å². The Balaban J connectivity index is 2.95. The fraction of sp³-hybridized carbons (Fsp3) is 0.417. The molecule has 1 rings (SSSR count). The van der Waals surface area contributed by atoms with Gasteiger partial charge in [-0.05, 0) is 20.3 Å². The first kappa shape index (κ1) is 10.8. The molecule has 14 heavy (non-hydrogen) atoms. The molecule has 1 aromatic rings. The quantitative estimate of drug-likeness (QED) is 0.680. The van der Waals surface area contributed by atoms with Crippen LogP contribution in [0.15, 0.2) is 23.1 Å². The van der Waals surface area contributed by atoms with Crippen molar-refractivity contribution in [2.24, 2.45) is 0 Å². The van der Waals surface area contributed by atoms with Gasteiger partial charge in [0.05, 0.1) is 5.69 Å². The molecule has 0 saturated carbocycles. The highest BCUT2D eigenvalue weighted by Gasteiger charge is 2.08. The van der Waals surface area contributed by atoms with E-state index in [1.807, 2.05) is 19.9 Å². The minimum Gasteiger partial charge on any atom is -0.442 e. The lowest BCUT2D eigenvalue weighted by Crippen LogP contribution is -1.86. The maximum Gasteiger partial charge on any atom is 0.222 e. The predicted molar refractivity (Wildman–Crippen MR) is 59.1 cm³/mol. The lowest BCUT2D eigenvalue weighted by atomic mass is 10.2. The predicted octanol–water partition coefficient (Wildman–Crippen LogP) is 3.52. The van der Waals surface area contributed by atoms with Crippen LogP contribution in [0.4, 0.5) is 0 Å². The molecule has 0 bridgehead atoms. The zero-order valence-electron chi connectivity index (χ0n) is 9.13. The second-order valence-electron chi connectivity index (χ2n) is 3.36. The van der Waals surface area contributed by atoms with Crippen molar-refractivity contribution in [1.82, 2.24) is 4.98 Å². The van der Waals surface area contributed by atoms with Crippen LogP contribution in [0.3, 0.4) is 0 Å². The van der Waals surface area contributed by atoms with Gasteiger partial charge < -0.3 is 4.42 Å². The summed E-state index contributed by atoms with van der Waals surface area (Å²) in [5.41, 5.74) is 2.09. The molecule has 2 heteroatoms. The summed E-state index contributed by atoms with van der Waals surface area (Å²) in [6.45, 7) is 9.72. The fourth-order valence-electron chi connectivity index (χ4n) is 1.31. The van der Waals surface area contributed by atoms with Gasteiger partial charge in [0.25, 0.3) is 0 Å². The van der Waals surface area contributed by atoms with Crippen molar-refractivity contribution < 1.29 is 4.42 Å². The van der Waals surface area contributed by atoms with E-state index >= 15 is 0 Å². The molecule has 2 nitrogen and oxygen atoms in total. The van der Waals surface area contributed by atoms with Gasteiger partial charge in [-0.1, -0.05) is 32.1 Å². The molecule has 0 radical (unpaired) electrons. The Morgan fingerprint density at radius 1 is 1.57 bits per heavy atom. The van der Waals surface area contributed by atoms with Gasteiger partial charge in [-0.15, -0.1) is 0 Å². The van der Waals surface area contributed by atoms with Crippen LogP contribution < -0.4 is 0 Å². The Morgan fingerprint density at radius 3 is 2.86 bits per heavy atom. The van der Waals surface area contributed by atoms with Crippen LogP contribution >= 0.6 is 0 Å². The van der Waals surface area contributed by atoms with E-state index in [-0.39, 0.29) is 0 Å². The van der Waals surface area contributed by atoms with Crippen molar-refractivity contribution in [1.29, 1.82) is 0 Å².